The van der Waals surface area contributed by atoms with Crippen LogP contribution < -0.4 is 5.32 Å². The van der Waals surface area contributed by atoms with Crippen molar-refractivity contribution in [3.8, 4) is 28.7 Å². The number of benzene rings is 4. The predicted octanol–water partition coefficient (Wildman–Crippen LogP) is 8.61. The molecule has 7 N–H and O–H groups in total. The smallest absolute Gasteiger partial charge is 0.169 e. The number of hydrogen-bond acceptors (Lipinski definition) is 8. The van der Waals surface area contributed by atoms with Gasteiger partial charge in [0.2, 0.25) is 0 Å². The molecule has 53 heavy (non-hydrogen) atoms. The second-order valence-electron chi connectivity index (χ2n) is 16.5. The number of aryl methyl sites for hydroxylation is 1. The first kappa shape index (κ1) is 35.8. The first-order chi connectivity index (χ1) is 25.6. The molecule has 8 rings (SSSR count). The molecule has 3 aliphatic carbocycles. The average Bonchev–Trinajstić information content (AvgIpc) is 3.80. The fourth-order valence-electron chi connectivity index (χ4n) is 11.1. The van der Waals surface area contributed by atoms with Gasteiger partial charge in [-0.05, 0) is 116 Å². The van der Waals surface area contributed by atoms with Gasteiger partial charge in [-0.25, -0.2) is 0 Å². The molecule has 1 aliphatic heterocycles. The minimum atomic E-state index is -0.356. The number of ether oxygens (including phenoxy) is 1. The third-order valence-corrected chi connectivity index (χ3v) is 13.6. The highest BCUT2D eigenvalue weighted by atomic mass is 16.5. The summed E-state index contributed by atoms with van der Waals surface area (Å²) in [5.74, 6) is -1.21. The van der Waals surface area contributed by atoms with Crippen LogP contribution in [0.15, 0.2) is 60.7 Å². The number of fused-ring (bicyclic) bond motifs is 3. The van der Waals surface area contributed by atoms with Crippen LogP contribution in [0.2, 0.25) is 0 Å². The summed E-state index contributed by atoms with van der Waals surface area (Å²) in [5.41, 5.74) is 4.35. The molecule has 280 valence electrons. The minimum absolute atomic E-state index is 0.0950. The molecule has 0 unspecified atom stereocenters. The fraction of sp³-hybridized carbons (Fsp3) is 0.467. The second-order valence-corrected chi connectivity index (χ2v) is 16.5. The molecule has 1 saturated heterocycles. The molecule has 0 aromatic heterocycles. The molecule has 1 heterocycles. The number of aliphatic hydroxyl groups is 1. The zero-order chi connectivity index (χ0) is 36.8. The van der Waals surface area contributed by atoms with Gasteiger partial charge in [0.25, 0.3) is 0 Å². The van der Waals surface area contributed by atoms with Gasteiger partial charge >= 0.3 is 0 Å². The molecule has 4 aromatic rings. The molecule has 3 spiro atoms. The van der Waals surface area contributed by atoms with E-state index in [1.807, 2.05) is 0 Å². The van der Waals surface area contributed by atoms with E-state index >= 15 is 0 Å². The van der Waals surface area contributed by atoms with Crippen LogP contribution in [0.1, 0.15) is 105 Å². The summed E-state index contributed by atoms with van der Waals surface area (Å²) in [6.07, 6.45) is 18.1. The van der Waals surface area contributed by atoms with Crippen molar-refractivity contribution in [1.82, 2.24) is 5.32 Å². The highest BCUT2D eigenvalue weighted by Gasteiger charge is 2.68. The summed E-state index contributed by atoms with van der Waals surface area (Å²) < 4.78 is 7.07. The number of phenols is 5. The maximum atomic E-state index is 11.2. The van der Waals surface area contributed by atoms with Crippen molar-refractivity contribution >= 4 is 22.9 Å². The van der Waals surface area contributed by atoms with Gasteiger partial charge in [-0.3, -0.25) is 0 Å². The third kappa shape index (κ3) is 6.32. The summed E-state index contributed by atoms with van der Waals surface area (Å²) in [5, 5.41) is 68.1. The van der Waals surface area contributed by atoms with Gasteiger partial charge in [0, 0.05) is 35.6 Å². The Hall–Kier alpha value is -4.24. The van der Waals surface area contributed by atoms with Gasteiger partial charge in [0.15, 0.2) is 23.0 Å². The van der Waals surface area contributed by atoms with Crippen molar-refractivity contribution < 1.29 is 35.4 Å². The maximum Gasteiger partial charge on any atom is 0.169 e. The van der Waals surface area contributed by atoms with Crippen molar-refractivity contribution in [1.29, 1.82) is 0 Å². The standard InChI is InChI=1S/C45H53NO7/c47-33-17-23-44(27-33)22-4-21-43(19-1-2-20-43)45(44)26-32(18-24-53-45)46-28-31-9-7-29(8-10-31)11-15-36-34(14-12-30-13-16-37(48)39(50)25-30)35-5-3-6-38(49)40(35)42(52)41(36)51/h3,5-10,12-14,16,25,32-33,46-52H,1-2,4,11,15,17-24,26-28H2/b14-12+/t32-,33+,44+,45-/m0/s1. The van der Waals surface area contributed by atoms with Crippen molar-refractivity contribution in [2.45, 2.75) is 114 Å². The molecule has 0 amide bonds. The molecule has 4 aliphatic rings. The molecule has 4 fully saturated rings. The lowest BCUT2D eigenvalue weighted by Crippen LogP contribution is -2.66. The Labute approximate surface area is 311 Å². The zero-order valence-corrected chi connectivity index (χ0v) is 30.5. The summed E-state index contributed by atoms with van der Waals surface area (Å²) in [6, 6.07) is 18.5. The topological polar surface area (TPSA) is 143 Å². The van der Waals surface area contributed by atoms with Crippen LogP contribution in [-0.2, 0) is 24.1 Å². The predicted molar refractivity (Wildman–Crippen MR) is 207 cm³/mol. The van der Waals surface area contributed by atoms with Crippen LogP contribution in [-0.4, -0.2) is 55.0 Å². The van der Waals surface area contributed by atoms with Gasteiger partial charge in [-0.2, -0.15) is 0 Å². The molecular weight excluding hydrogens is 666 g/mol. The van der Waals surface area contributed by atoms with Crippen molar-refractivity contribution in [3.63, 3.8) is 0 Å². The van der Waals surface area contributed by atoms with Crippen molar-refractivity contribution in [2.75, 3.05) is 6.61 Å². The van der Waals surface area contributed by atoms with Crippen LogP contribution in [0.4, 0.5) is 0 Å². The summed E-state index contributed by atoms with van der Waals surface area (Å²) >= 11 is 0. The lowest BCUT2D eigenvalue weighted by atomic mass is 9.47. The van der Waals surface area contributed by atoms with E-state index in [4.69, 9.17) is 4.74 Å². The highest BCUT2D eigenvalue weighted by Crippen LogP contribution is 2.69. The molecule has 0 bridgehead atoms. The van der Waals surface area contributed by atoms with E-state index in [1.165, 1.54) is 68.7 Å². The molecule has 4 aromatic carbocycles. The van der Waals surface area contributed by atoms with E-state index in [0.29, 0.717) is 41.0 Å². The van der Waals surface area contributed by atoms with E-state index in [1.54, 1.807) is 30.4 Å². The largest absolute Gasteiger partial charge is 0.507 e. The first-order valence-electron chi connectivity index (χ1n) is 19.6. The number of rotatable bonds is 8. The number of aliphatic hydroxyl groups excluding tert-OH is 1. The molecule has 4 atom stereocenters. The number of phenolic OH excluding ortho intramolecular Hbond substituents is 5. The van der Waals surface area contributed by atoms with E-state index in [-0.39, 0.29) is 56.7 Å². The van der Waals surface area contributed by atoms with Crippen molar-refractivity contribution in [3.05, 3.63) is 88.5 Å². The summed E-state index contributed by atoms with van der Waals surface area (Å²) in [4.78, 5) is 0. The zero-order valence-electron chi connectivity index (χ0n) is 30.5. The summed E-state index contributed by atoms with van der Waals surface area (Å²) in [6.45, 7) is 1.55. The van der Waals surface area contributed by atoms with E-state index in [2.05, 4.69) is 29.6 Å². The van der Waals surface area contributed by atoms with Crippen LogP contribution in [0.25, 0.3) is 22.9 Å². The Balaban J connectivity index is 0.980. The highest BCUT2D eigenvalue weighted by molar-refractivity contribution is 6.03. The SMILES string of the molecule is Oc1ccc(/C=C/c2c(CCc3ccc(CN[C@H]4CCO[C@@]5(C4)C4(CCCC4)CCC[C@]54CC[C@@H](O)C4)cc3)c(O)c(O)c3c(O)cccc23)cc1O. The average molecular weight is 720 g/mol. The quantitative estimate of drug-likeness (QED) is 0.0709. The number of aromatic hydroxyl groups is 5. The lowest BCUT2D eigenvalue weighted by molar-refractivity contribution is -0.255. The van der Waals surface area contributed by atoms with Gasteiger partial charge in [0.1, 0.15) is 5.75 Å². The lowest BCUT2D eigenvalue weighted by Gasteiger charge is -2.64. The monoisotopic (exact) mass is 719 g/mol. The molecule has 3 saturated carbocycles. The van der Waals surface area contributed by atoms with Crippen LogP contribution in [0.5, 0.6) is 28.7 Å². The molecule has 8 heteroatoms. The Bertz CT molecular complexity index is 2000. The summed E-state index contributed by atoms with van der Waals surface area (Å²) in [7, 11) is 0. The Kier molecular flexibility index (Phi) is 9.58. The van der Waals surface area contributed by atoms with Crippen LogP contribution in [0, 0.1) is 10.8 Å². The molecular formula is C45H53NO7. The van der Waals surface area contributed by atoms with Gasteiger partial charge < -0.3 is 40.7 Å². The van der Waals surface area contributed by atoms with E-state index in [0.717, 1.165) is 50.8 Å². The third-order valence-electron chi connectivity index (χ3n) is 13.6. The van der Waals surface area contributed by atoms with Gasteiger partial charge in [-0.1, -0.05) is 73.9 Å². The second kappa shape index (κ2) is 14.2. The van der Waals surface area contributed by atoms with Crippen molar-refractivity contribution in [2.24, 2.45) is 10.8 Å². The van der Waals surface area contributed by atoms with E-state index in [9.17, 15) is 30.6 Å². The minimum Gasteiger partial charge on any atom is -0.507 e. The molecule has 0 radical (unpaired) electrons. The van der Waals surface area contributed by atoms with Crippen LogP contribution in [0.3, 0.4) is 0 Å². The van der Waals surface area contributed by atoms with Gasteiger partial charge in [-0.15, -0.1) is 0 Å². The van der Waals surface area contributed by atoms with E-state index < -0.39 is 0 Å². The maximum absolute atomic E-state index is 11.2. The Morgan fingerprint density at radius 1 is 0.698 bits per heavy atom. The number of nitrogens with one attached hydrogen (secondary N) is 1. The Morgan fingerprint density at radius 2 is 1.45 bits per heavy atom. The molecule has 8 nitrogen and oxygen atoms in total. The fourth-order valence-corrected chi connectivity index (χ4v) is 11.1. The van der Waals surface area contributed by atoms with Gasteiger partial charge in [0.05, 0.1) is 17.1 Å². The first-order valence-corrected chi connectivity index (χ1v) is 19.6. The number of hydrogen-bond donors (Lipinski definition) is 7. The normalized spacial score (nSPS) is 26.8. The Morgan fingerprint density at radius 3 is 2.21 bits per heavy atom. The van der Waals surface area contributed by atoms with Crippen LogP contribution >= 0.6 is 0 Å².